The van der Waals surface area contributed by atoms with Gasteiger partial charge in [-0.25, -0.2) is 14.8 Å². The number of pyridine rings is 3. The summed E-state index contributed by atoms with van der Waals surface area (Å²) in [6, 6.07) is 20.4. The predicted octanol–water partition coefficient (Wildman–Crippen LogP) is 11.1. The number of benzene rings is 4. The van der Waals surface area contributed by atoms with Crippen molar-refractivity contribution in [3.8, 4) is 5.88 Å². The summed E-state index contributed by atoms with van der Waals surface area (Å²) in [7, 11) is -12.9. The molecule has 1 saturated heterocycles. The van der Waals surface area contributed by atoms with E-state index in [1.54, 1.807) is 47.2 Å². The Hall–Kier alpha value is -8.92. The Morgan fingerprint density at radius 2 is 1.55 bits per heavy atom. The molecule has 4 amide bonds. The van der Waals surface area contributed by atoms with Gasteiger partial charge in [-0.3, -0.25) is 28.2 Å². The van der Waals surface area contributed by atoms with Gasteiger partial charge in [0.1, 0.15) is 17.3 Å². The highest BCUT2D eigenvalue weighted by atomic mass is 32.2. The minimum Gasteiger partial charge on any atom is -0.481 e. The number of carbonyl (C=O) groups excluding carboxylic acids is 3. The molecule has 0 bridgehead atoms. The number of fused-ring (bicyclic) bond motifs is 7. The Labute approximate surface area is 578 Å². The van der Waals surface area contributed by atoms with Crippen molar-refractivity contribution in [1.82, 2.24) is 35.4 Å². The van der Waals surface area contributed by atoms with Crippen LogP contribution in [0, 0.1) is 13.8 Å². The average Bonchev–Trinajstić information content (AvgIpc) is 1.60. The third-order valence-electron chi connectivity index (χ3n) is 19.3. The Bertz CT molecular complexity index is 4880. The number of methoxy groups -OCH3 is 1. The van der Waals surface area contributed by atoms with Gasteiger partial charge in [0.15, 0.2) is 5.71 Å². The summed E-state index contributed by atoms with van der Waals surface area (Å²) < 4.78 is 114. The van der Waals surface area contributed by atoms with E-state index in [2.05, 4.69) is 45.4 Å². The second-order valence-electron chi connectivity index (χ2n) is 26.4. The third kappa shape index (κ3) is 14.6. The molecule has 4 aliphatic rings. The number of unbranched alkanes of at least 4 members (excludes halogenated alkanes) is 2. The van der Waals surface area contributed by atoms with Crippen LogP contribution in [0.1, 0.15) is 141 Å². The molecule has 99 heavy (non-hydrogen) atoms. The molecular formula is C73H83N10O13S3+. The van der Waals surface area contributed by atoms with Crippen molar-refractivity contribution in [2.75, 3.05) is 63.1 Å². The summed E-state index contributed by atoms with van der Waals surface area (Å²) >= 11 is 0. The van der Waals surface area contributed by atoms with Gasteiger partial charge < -0.3 is 35.4 Å². The predicted molar refractivity (Wildman–Crippen MR) is 380 cm³/mol. The fourth-order valence-electron chi connectivity index (χ4n) is 14.3. The molecule has 1 fully saturated rings. The number of aromatic nitrogens is 3. The van der Waals surface area contributed by atoms with Crippen molar-refractivity contribution in [3.05, 3.63) is 179 Å². The first-order chi connectivity index (χ1) is 46.9. The van der Waals surface area contributed by atoms with E-state index in [1.807, 2.05) is 75.1 Å². The standard InChI is InChI=1S/C73H82N10O13S3/c1-10-81-60-27-24-54-45(3)37-52(97(87,88)89)39-56(54)67(60)72(5,6)63(81)29-21-47(22-30-64-73(7,8)68-57-40-53(98(90,91)92)41-62(99(93,94)95)55(57)25-28-61(68)82(64)11-2)58-26-20-50(43-76-58)70(85)75-32-14-12-13-19-65(84)77-44-51-38-48-17-15-33-74-69(48)79-59(51)18-16-34-80-35-36-83(71(80)86)46(4)49-23-31-66(96-9)78-42-49/h4,20-31,37-43,46H,10-19,32-36,44H2,1-3,5-9H3,(H5-,74,75,77,79,84,85,87,88,89,90,91,92,93,94,95)/p+1/t46-/m0/s1. The van der Waals surface area contributed by atoms with Gasteiger partial charge >= 0.3 is 6.03 Å². The molecule has 7 heterocycles. The third-order valence-corrected chi connectivity index (χ3v) is 21.9. The normalized spacial score (nSPS) is 16.8. The number of nitrogens with zero attached hydrogens (tertiary/aromatic N) is 7. The van der Waals surface area contributed by atoms with E-state index in [1.165, 1.54) is 37.6 Å². The molecule has 0 unspecified atom stereocenters. The highest BCUT2D eigenvalue weighted by molar-refractivity contribution is 7.87. The van der Waals surface area contributed by atoms with Gasteiger partial charge in [0.2, 0.25) is 17.5 Å². The van der Waals surface area contributed by atoms with E-state index in [4.69, 9.17) is 21.6 Å². The van der Waals surface area contributed by atoms with E-state index in [-0.39, 0.29) is 33.5 Å². The van der Waals surface area contributed by atoms with Crippen LogP contribution in [0.15, 0.2) is 136 Å². The summed E-state index contributed by atoms with van der Waals surface area (Å²) in [4.78, 5) is 58.5. The van der Waals surface area contributed by atoms with E-state index < -0.39 is 57.0 Å². The molecule has 4 aliphatic heterocycles. The second-order valence-corrected chi connectivity index (χ2v) is 30.6. The summed E-state index contributed by atoms with van der Waals surface area (Å²) in [6.07, 6.45) is 16.1. The number of carbonyl (C=O) groups is 3. The van der Waals surface area contributed by atoms with Gasteiger partial charge in [-0.1, -0.05) is 38.5 Å². The first-order valence-electron chi connectivity index (χ1n) is 33.2. The zero-order valence-corrected chi connectivity index (χ0v) is 59.2. The maximum absolute atomic E-state index is 13.7. The lowest BCUT2D eigenvalue weighted by molar-refractivity contribution is -0.433. The molecule has 2 radical (unpaired) electrons. The lowest BCUT2D eigenvalue weighted by Crippen LogP contribution is -2.34. The van der Waals surface area contributed by atoms with E-state index >= 15 is 0 Å². The molecule has 1 atom stereocenters. The first-order valence-corrected chi connectivity index (χ1v) is 37.5. The number of hydrogen-bond donors (Lipinski definition) is 6. The highest BCUT2D eigenvalue weighted by Crippen LogP contribution is 2.52. The molecule has 4 aromatic carbocycles. The fourth-order valence-corrected chi connectivity index (χ4v) is 16.3. The van der Waals surface area contributed by atoms with Crippen LogP contribution < -0.4 is 25.6 Å². The monoisotopic (exact) mass is 1400 g/mol. The minimum atomic E-state index is -4.98. The van der Waals surface area contributed by atoms with Crippen molar-refractivity contribution >= 4 is 98.2 Å². The number of aryl methyl sites for hydroxylation is 3. The number of rotatable bonds is 25. The summed E-state index contributed by atoms with van der Waals surface area (Å²) in [5.74, 6) is 0.878. The van der Waals surface area contributed by atoms with Crippen molar-refractivity contribution in [3.63, 3.8) is 0 Å². The molecule has 6 N–H and O–H groups in total. The molecular weight excluding hydrogens is 1320 g/mol. The van der Waals surface area contributed by atoms with Crippen LogP contribution in [0.2, 0.25) is 0 Å². The number of urea groups is 1. The van der Waals surface area contributed by atoms with Crippen molar-refractivity contribution in [1.29, 1.82) is 0 Å². The summed E-state index contributed by atoms with van der Waals surface area (Å²) in [5.41, 5.74) is 8.54. The Kier molecular flexibility index (Phi) is 20.5. The van der Waals surface area contributed by atoms with Gasteiger partial charge in [0.05, 0.1) is 39.6 Å². The fraction of sp³-hybridized carbons (Fsp3) is 0.370. The minimum absolute atomic E-state index is 0.0583. The van der Waals surface area contributed by atoms with Crippen LogP contribution in [0.3, 0.4) is 0 Å². The smallest absolute Gasteiger partial charge is 0.320 e. The molecule has 26 heteroatoms. The SMILES string of the molecule is [CH][C@@H](c1ccc(OC)nc1)N1CCN(CCCc2nc3c(cc2CNC(=O)CCCCCNC(=O)c2ccc(C(=C\C=C4\N(CC)c5ccc6c(S(=O)(=O)O)cc(S(=O)(=O)O)cc6c5C4(C)C)/C=C/C4=[N+](CC)c5ccc6c(C)cc(S(=O)(=O)O)cc6c5C4(C)C)nc2)CCCN3)C1=O. The Morgan fingerprint density at radius 1 is 0.808 bits per heavy atom. The van der Waals surface area contributed by atoms with E-state index in [9.17, 15) is 53.3 Å². The van der Waals surface area contributed by atoms with Gasteiger partial charge in [-0.15, -0.1) is 0 Å². The van der Waals surface area contributed by atoms with Crippen LogP contribution >= 0.6 is 0 Å². The maximum atomic E-state index is 13.7. The van der Waals surface area contributed by atoms with E-state index in [0.717, 1.165) is 76.1 Å². The Morgan fingerprint density at radius 3 is 2.22 bits per heavy atom. The van der Waals surface area contributed by atoms with Crippen LogP contribution in [-0.2, 0) is 65.4 Å². The maximum Gasteiger partial charge on any atom is 0.320 e. The number of likely N-dealkylation sites (N-methyl/N-ethyl adjacent to an activating group) is 1. The second kappa shape index (κ2) is 28.4. The van der Waals surface area contributed by atoms with Crippen molar-refractivity contribution in [2.45, 2.75) is 138 Å². The topological polar surface area (TPSA) is 311 Å². The highest BCUT2D eigenvalue weighted by Gasteiger charge is 2.46. The summed E-state index contributed by atoms with van der Waals surface area (Å²) in [5, 5.41) is 11.3. The lowest BCUT2D eigenvalue weighted by Gasteiger charge is -2.26. The number of hydrogen-bond acceptors (Lipinski definition) is 15. The zero-order chi connectivity index (χ0) is 71.1. The van der Waals surface area contributed by atoms with Crippen LogP contribution in [0.25, 0.3) is 27.1 Å². The molecule has 3 aromatic heterocycles. The van der Waals surface area contributed by atoms with Gasteiger partial charge in [-0.05, 0) is 191 Å². The number of nitrogens with one attached hydrogen (secondary N) is 3. The van der Waals surface area contributed by atoms with Crippen LogP contribution in [0.4, 0.5) is 22.0 Å². The first kappa shape index (κ1) is 71.4. The lowest BCUT2D eigenvalue weighted by atomic mass is 9.78. The largest absolute Gasteiger partial charge is 0.481 e. The molecule has 23 nitrogen and oxygen atoms in total. The van der Waals surface area contributed by atoms with Crippen LogP contribution in [-0.4, -0.2) is 145 Å². The molecule has 520 valence electrons. The summed E-state index contributed by atoms with van der Waals surface area (Å²) in [6.45, 7) is 24.2. The number of ether oxygens (including phenoxy) is 1. The van der Waals surface area contributed by atoms with Gasteiger partial charge in [-0.2, -0.15) is 29.8 Å². The average molecular weight is 1400 g/mol. The van der Waals surface area contributed by atoms with Crippen molar-refractivity contribution < 1.29 is 62.6 Å². The Balaban J connectivity index is 0.773. The van der Waals surface area contributed by atoms with Crippen LogP contribution in [0.5, 0.6) is 5.88 Å². The van der Waals surface area contributed by atoms with E-state index in [0.29, 0.717) is 135 Å². The molecule has 0 saturated carbocycles. The molecule has 0 aliphatic carbocycles. The molecule has 0 spiro atoms. The number of allylic oxidation sites excluding steroid dienone is 6. The van der Waals surface area contributed by atoms with Gasteiger partial charge in [0, 0.05) is 122 Å². The molecule has 7 aromatic rings. The number of amides is 4. The quantitative estimate of drug-likeness (QED) is 0.0134. The van der Waals surface area contributed by atoms with Gasteiger partial charge in [0.25, 0.3) is 36.3 Å². The van der Waals surface area contributed by atoms with Crippen molar-refractivity contribution in [2.24, 2.45) is 0 Å². The zero-order valence-electron chi connectivity index (χ0n) is 56.7. The number of anilines is 2. The molecule has 11 rings (SSSR count).